The average Bonchev–Trinajstić information content (AvgIpc) is 2.97. The molecule has 0 saturated carbocycles. The lowest BCUT2D eigenvalue weighted by Crippen LogP contribution is -2.26. The highest BCUT2D eigenvalue weighted by atomic mass is 19.1. The molecule has 10 heteroatoms. The highest BCUT2D eigenvalue weighted by molar-refractivity contribution is 6.07. The van der Waals surface area contributed by atoms with Crippen LogP contribution in [0.15, 0.2) is 72.3 Å². The van der Waals surface area contributed by atoms with Crippen LogP contribution in [0.3, 0.4) is 0 Å². The molecule has 0 radical (unpaired) electrons. The zero-order valence-corrected chi connectivity index (χ0v) is 24.5. The van der Waals surface area contributed by atoms with Gasteiger partial charge < -0.3 is 20.3 Å². The van der Waals surface area contributed by atoms with Gasteiger partial charge in [0.15, 0.2) is 11.6 Å². The molecule has 0 spiro atoms. The first-order valence-electron chi connectivity index (χ1n) is 13.9. The first-order valence-corrected chi connectivity index (χ1v) is 13.9. The normalized spacial score (nSPS) is 12.2. The van der Waals surface area contributed by atoms with Gasteiger partial charge in [0.05, 0.1) is 18.1 Å². The number of primary amides is 1. The van der Waals surface area contributed by atoms with Gasteiger partial charge in [-0.25, -0.2) is 14.0 Å². The molecule has 0 heterocycles. The largest absolute Gasteiger partial charge is 0.481 e. The van der Waals surface area contributed by atoms with Gasteiger partial charge in [0.2, 0.25) is 5.91 Å². The number of nitrogens with two attached hydrogens (primary N) is 1. The smallest absolute Gasteiger partial charge is 0.411 e. The molecule has 3 rings (SSSR count). The summed E-state index contributed by atoms with van der Waals surface area (Å²) in [4.78, 5) is 48.9. The zero-order chi connectivity index (χ0) is 31.7. The number of hydrogen-bond donors (Lipinski definition) is 3. The summed E-state index contributed by atoms with van der Waals surface area (Å²) in [6.45, 7) is 7.62. The van der Waals surface area contributed by atoms with E-state index in [1.807, 2.05) is 32.9 Å². The van der Waals surface area contributed by atoms with Gasteiger partial charge in [0.1, 0.15) is 0 Å². The summed E-state index contributed by atoms with van der Waals surface area (Å²) in [6, 6.07) is 16.6. The van der Waals surface area contributed by atoms with Gasteiger partial charge in [0.25, 0.3) is 0 Å². The fraction of sp³-hybridized carbons (Fsp3) is 0.273. The second kappa shape index (κ2) is 14.8. The van der Waals surface area contributed by atoms with E-state index in [0.29, 0.717) is 17.9 Å². The lowest BCUT2D eigenvalue weighted by Gasteiger charge is -2.18. The summed E-state index contributed by atoms with van der Waals surface area (Å²) >= 11 is 0. The molecule has 43 heavy (non-hydrogen) atoms. The SMILES string of the molecule is CCCCOC(=O)Nc1ccc(C(=O)Oc2ccc(/C(=C(/C(N)=O)[C@@H](C)C(=O)O)c3ccc(C(C)C)cc3)cc2F)cc1. The van der Waals surface area contributed by atoms with Gasteiger partial charge >= 0.3 is 18.0 Å². The quantitative estimate of drug-likeness (QED) is 0.0942. The molecule has 0 saturated heterocycles. The van der Waals surface area contributed by atoms with E-state index in [2.05, 4.69) is 5.32 Å². The van der Waals surface area contributed by atoms with Crippen LogP contribution >= 0.6 is 0 Å². The molecule has 0 aliphatic rings. The maximum absolute atomic E-state index is 15.3. The van der Waals surface area contributed by atoms with Crippen molar-refractivity contribution in [2.24, 2.45) is 11.7 Å². The van der Waals surface area contributed by atoms with Crippen molar-refractivity contribution in [3.05, 3.63) is 100 Å². The lowest BCUT2D eigenvalue weighted by molar-refractivity contribution is -0.140. The zero-order valence-electron chi connectivity index (χ0n) is 24.5. The van der Waals surface area contributed by atoms with E-state index in [1.165, 1.54) is 43.3 Å². The van der Waals surface area contributed by atoms with Crippen LogP contribution in [0.1, 0.15) is 73.5 Å². The monoisotopic (exact) mass is 590 g/mol. The predicted molar refractivity (Wildman–Crippen MR) is 160 cm³/mol. The third kappa shape index (κ3) is 8.51. The number of esters is 1. The van der Waals surface area contributed by atoms with Crippen molar-refractivity contribution in [2.45, 2.75) is 46.5 Å². The first-order chi connectivity index (χ1) is 20.4. The second-order valence-electron chi connectivity index (χ2n) is 10.2. The number of halogens is 1. The van der Waals surface area contributed by atoms with Crippen LogP contribution in [0.4, 0.5) is 14.9 Å². The maximum Gasteiger partial charge on any atom is 0.411 e. The molecule has 0 aromatic heterocycles. The highest BCUT2D eigenvalue weighted by Crippen LogP contribution is 2.34. The number of nitrogens with one attached hydrogen (secondary N) is 1. The predicted octanol–water partition coefficient (Wildman–Crippen LogP) is 6.52. The molecule has 0 aliphatic heterocycles. The van der Waals surface area contributed by atoms with Crippen molar-refractivity contribution in [2.75, 3.05) is 11.9 Å². The molecule has 1 atom stereocenters. The van der Waals surface area contributed by atoms with Crippen molar-refractivity contribution in [1.29, 1.82) is 0 Å². The Morgan fingerprint density at radius 2 is 1.51 bits per heavy atom. The van der Waals surface area contributed by atoms with Gasteiger partial charge in [-0.15, -0.1) is 0 Å². The average molecular weight is 591 g/mol. The molecule has 0 fully saturated rings. The first kappa shape index (κ1) is 32.5. The van der Waals surface area contributed by atoms with Gasteiger partial charge in [-0.2, -0.15) is 0 Å². The summed E-state index contributed by atoms with van der Waals surface area (Å²) in [7, 11) is 0. The molecule has 3 aromatic carbocycles. The molecular formula is C33H35FN2O7. The molecule has 9 nitrogen and oxygen atoms in total. The number of unbranched alkanes of at least 4 members (excludes halogenated alkanes) is 1. The van der Waals surface area contributed by atoms with E-state index in [0.717, 1.165) is 24.5 Å². The number of carboxylic acid groups (broad SMARTS) is 1. The third-order valence-corrected chi connectivity index (χ3v) is 6.73. The number of carbonyl (C=O) groups excluding carboxylic acids is 3. The number of ether oxygens (including phenoxy) is 2. The van der Waals surface area contributed by atoms with Crippen molar-refractivity contribution in [3.8, 4) is 5.75 Å². The number of hydrogen-bond acceptors (Lipinski definition) is 6. The standard InChI is InChI=1S/C33H35FN2O7/c1-5-6-17-42-33(41)36-25-14-11-23(12-15-25)32(40)43-27-16-13-24(18-26(27)34)29(28(30(35)37)20(4)31(38)39)22-9-7-21(8-10-22)19(2)3/h7-16,18-20H,5-6,17H2,1-4H3,(H2,35,37)(H,36,41)(H,38,39)/b29-28+/t20-/m1/s1. The Morgan fingerprint density at radius 3 is 2.05 bits per heavy atom. The number of carbonyl (C=O) groups is 4. The number of aliphatic carboxylic acids is 1. The van der Waals surface area contributed by atoms with Gasteiger partial charge in [-0.3, -0.25) is 14.9 Å². The number of carboxylic acids is 1. The number of rotatable bonds is 12. The summed E-state index contributed by atoms with van der Waals surface area (Å²) in [5, 5.41) is 12.2. The van der Waals surface area contributed by atoms with E-state index < -0.39 is 35.7 Å². The fourth-order valence-electron chi connectivity index (χ4n) is 4.24. The second-order valence-corrected chi connectivity index (χ2v) is 10.2. The van der Waals surface area contributed by atoms with Crippen LogP contribution in [0.5, 0.6) is 5.75 Å². The molecule has 4 N–H and O–H groups in total. The van der Waals surface area contributed by atoms with Crippen LogP contribution in [-0.4, -0.2) is 35.7 Å². The van der Waals surface area contributed by atoms with Crippen LogP contribution in [0.2, 0.25) is 0 Å². The highest BCUT2D eigenvalue weighted by Gasteiger charge is 2.27. The maximum atomic E-state index is 15.3. The molecule has 0 aliphatic carbocycles. The molecule has 2 amide bonds. The Kier molecular flexibility index (Phi) is 11.2. The number of anilines is 1. The minimum absolute atomic E-state index is 0.102. The van der Waals surface area contributed by atoms with Crippen LogP contribution in [0.25, 0.3) is 5.57 Å². The van der Waals surface area contributed by atoms with E-state index >= 15 is 4.39 Å². The molecule has 226 valence electrons. The van der Waals surface area contributed by atoms with Crippen molar-refractivity contribution in [1.82, 2.24) is 0 Å². The Balaban J connectivity index is 1.90. The minimum atomic E-state index is -1.28. The van der Waals surface area contributed by atoms with E-state index in [1.54, 1.807) is 12.1 Å². The summed E-state index contributed by atoms with van der Waals surface area (Å²) in [6.07, 6.45) is 1.01. The molecule has 3 aromatic rings. The Labute approximate surface area is 249 Å². The Hall–Kier alpha value is -4.99. The van der Waals surface area contributed by atoms with E-state index in [4.69, 9.17) is 15.2 Å². The number of amides is 2. The van der Waals surface area contributed by atoms with Crippen molar-refractivity contribution >= 4 is 35.2 Å². The molecular weight excluding hydrogens is 555 g/mol. The van der Waals surface area contributed by atoms with Crippen molar-refractivity contribution in [3.63, 3.8) is 0 Å². The van der Waals surface area contributed by atoms with Crippen LogP contribution in [0, 0.1) is 11.7 Å². The van der Waals surface area contributed by atoms with Gasteiger partial charge in [0, 0.05) is 11.3 Å². The molecule has 0 unspecified atom stereocenters. The van der Waals surface area contributed by atoms with Crippen LogP contribution < -0.4 is 15.8 Å². The lowest BCUT2D eigenvalue weighted by atomic mass is 9.86. The summed E-state index contributed by atoms with van der Waals surface area (Å²) < 4.78 is 25.6. The summed E-state index contributed by atoms with van der Waals surface area (Å²) in [5.74, 6) is -5.43. The van der Waals surface area contributed by atoms with Gasteiger partial charge in [-0.05, 0) is 77.9 Å². The fourth-order valence-corrected chi connectivity index (χ4v) is 4.24. The van der Waals surface area contributed by atoms with Crippen LogP contribution in [-0.2, 0) is 14.3 Å². The van der Waals surface area contributed by atoms with E-state index in [-0.39, 0.29) is 33.9 Å². The summed E-state index contributed by atoms with van der Waals surface area (Å²) in [5.41, 5.74) is 7.76. The molecule has 0 bridgehead atoms. The van der Waals surface area contributed by atoms with E-state index in [9.17, 15) is 24.3 Å². The topological polar surface area (TPSA) is 145 Å². The Morgan fingerprint density at radius 1 is 0.907 bits per heavy atom. The third-order valence-electron chi connectivity index (χ3n) is 6.73. The Bertz CT molecular complexity index is 1510. The minimum Gasteiger partial charge on any atom is -0.481 e. The number of benzene rings is 3. The van der Waals surface area contributed by atoms with Crippen molar-refractivity contribution < 1.29 is 38.1 Å². The van der Waals surface area contributed by atoms with Gasteiger partial charge in [-0.1, -0.05) is 57.5 Å².